The summed E-state index contributed by atoms with van der Waals surface area (Å²) in [5.41, 5.74) is 3.06. The number of pyridine rings is 1. The molecule has 3 nitrogen and oxygen atoms in total. The first kappa shape index (κ1) is 18.3. The van der Waals surface area contributed by atoms with E-state index in [0.29, 0.717) is 17.6 Å². The Bertz CT molecular complexity index is 915. The molecule has 0 atom stereocenters. The van der Waals surface area contributed by atoms with Crippen LogP contribution < -0.4 is 0 Å². The van der Waals surface area contributed by atoms with E-state index in [0.717, 1.165) is 16.7 Å². The fourth-order valence-electron chi connectivity index (χ4n) is 2.74. The van der Waals surface area contributed by atoms with Crippen molar-refractivity contribution in [2.45, 2.75) is 20.0 Å². The maximum atomic E-state index is 14.3. The highest BCUT2D eigenvalue weighted by molar-refractivity contribution is 9.10. The minimum absolute atomic E-state index is 0.0526. The number of rotatable bonds is 5. The minimum atomic E-state index is -0.529. The minimum Gasteiger partial charge on any atom is -0.330 e. The summed E-state index contributed by atoms with van der Waals surface area (Å²) in [5, 5.41) is 0. The summed E-state index contributed by atoms with van der Waals surface area (Å²) >= 11 is 3.31. The third kappa shape index (κ3) is 4.35. The molecular weight excluding hydrogens is 395 g/mol. The molecule has 0 radical (unpaired) electrons. The highest BCUT2D eigenvalue weighted by Gasteiger charge is 2.21. The molecule has 26 heavy (non-hydrogen) atoms. The lowest BCUT2D eigenvalue weighted by Gasteiger charge is -2.24. The molecule has 3 aromatic rings. The van der Waals surface area contributed by atoms with Crippen molar-refractivity contribution >= 4 is 21.8 Å². The summed E-state index contributed by atoms with van der Waals surface area (Å²) in [6, 6.07) is 16.0. The van der Waals surface area contributed by atoms with Gasteiger partial charge in [0.15, 0.2) is 0 Å². The molecule has 2 aromatic carbocycles. The Hall–Kier alpha value is -2.53. The first-order valence-electron chi connectivity index (χ1n) is 8.22. The molecule has 132 valence electrons. The van der Waals surface area contributed by atoms with Crippen molar-refractivity contribution in [3.8, 4) is 0 Å². The van der Waals surface area contributed by atoms with Crippen LogP contribution in [0.2, 0.25) is 0 Å². The number of aromatic nitrogens is 1. The molecule has 1 amide bonds. The van der Waals surface area contributed by atoms with E-state index in [2.05, 4.69) is 20.9 Å². The molecule has 1 aromatic heterocycles. The first-order chi connectivity index (χ1) is 12.5. The van der Waals surface area contributed by atoms with Gasteiger partial charge in [-0.05, 0) is 47.9 Å². The monoisotopic (exact) mass is 412 g/mol. The van der Waals surface area contributed by atoms with Crippen LogP contribution in [-0.4, -0.2) is 15.8 Å². The number of hydrogen-bond acceptors (Lipinski definition) is 2. The van der Waals surface area contributed by atoms with Crippen LogP contribution in [0.1, 0.15) is 27.0 Å². The zero-order valence-electron chi connectivity index (χ0n) is 14.3. The zero-order valence-corrected chi connectivity index (χ0v) is 15.9. The molecule has 0 aliphatic heterocycles. The number of amides is 1. The van der Waals surface area contributed by atoms with Crippen LogP contribution in [0.25, 0.3) is 0 Å². The van der Waals surface area contributed by atoms with Crippen LogP contribution in [0.5, 0.6) is 0 Å². The maximum absolute atomic E-state index is 14.3. The van der Waals surface area contributed by atoms with Crippen molar-refractivity contribution in [1.82, 2.24) is 9.88 Å². The lowest BCUT2D eigenvalue weighted by Crippen LogP contribution is -2.31. The maximum Gasteiger partial charge on any atom is 0.257 e. The van der Waals surface area contributed by atoms with Crippen molar-refractivity contribution in [3.63, 3.8) is 0 Å². The van der Waals surface area contributed by atoms with Crippen LogP contribution in [0.4, 0.5) is 4.39 Å². The summed E-state index contributed by atoms with van der Waals surface area (Å²) in [7, 11) is 0. The van der Waals surface area contributed by atoms with Gasteiger partial charge in [-0.3, -0.25) is 9.78 Å². The standard InChI is InChI=1S/C21H18BrFN2O/c1-15-5-2-3-7-17(15)14-25(13-16-6-4-10-24-12-16)21(26)19-11-18(22)8-9-20(19)23/h2-12H,13-14H2,1H3. The third-order valence-corrected chi connectivity index (χ3v) is 4.66. The molecule has 0 spiro atoms. The van der Waals surface area contributed by atoms with E-state index in [4.69, 9.17) is 0 Å². The number of nitrogens with zero attached hydrogens (tertiary/aromatic N) is 2. The van der Waals surface area contributed by atoms with Crippen LogP contribution in [0.15, 0.2) is 71.5 Å². The van der Waals surface area contributed by atoms with Crippen molar-refractivity contribution in [3.05, 3.63) is 99.5 Å². The number of benzene rings is 2. The normalized spacial score (nSPS) is 10.6. The van der Waals surface area contributed by atoms with Gasteiger partial charge in [-0.15, -0.1) is 0 Å². The Labute approximate surface area is 160 Å². The van der Waals surface area contributed by atoms with Crippen molar-refractivity contribution in [2.75, 3.05) is 0 Å². The van der Waals surface area contributed by atoms with E-state index in [9.17, 15) is 9.18 Å². The lowest BCUT2D eigenvalue weighted by molar-refractivity contribution is 0.0724. The summed E-state index contributed by atoms with van der Waals surface area (Å²) in [6.45, 7) is 2.75. The predicted molar refractivity (Wildman–Crippen MR) is 103 cm³/mol. The van der Waals surface area contributed by atoms with E-state index < -0.39 is 5.82 Å². The summed E-state index contributed by atoms with van der Waals surface area (Å²) in [5.74, 6) is -0.880. The molecule has 0 aliphatic carbocycles. The van der Waals surface area contributed by atoms with Gasteiger partial charge in [-0.2, -0.15) is 0 Å². The number of hydrogen-bond donors (Lipinski definition) is 0. The smallest absolute Gasteiger partial charge is 0.257 e. The van der Waals surface area contributed by atoms with Gasteiger partial charge in [0.2, 0.25) is 0 Å². The summed E-state index contributed by atoms with van der Waals surface area (Å²) in [4.78, 5) is 18.8. The highest BCUT2D eigenvalue weighted by Crippen LogP contribution is 2.21. The topological polar surface area (TPSA) is 33.2 Å². The Morgan fingerprint density at radius 3 is 2.65 bits per heavy atom. The number of carbonyl (C=O) groups excluding carboxylic acids is 1. The Morgan fingerprint density at radius 1 is 1.12 bits per heavy atom. The summed E-state index contributed by atoms with van der Waals surface area (Å²) in [6.07, 6.45) is 3.40. The van der Waals surface area contributed by atoms with Gasteiger partial charge in [0.05, 0.1) is 5.56 Å². The summed E-state index contributed by atoms with van der Waals surface area (Å²) < 4.78 is 14.9. The Kier molecular flexibility index (Phi) is 5.78. The average Bonchev–Trinajstić information content (AvgIpc) is 2.65. The van der Waals surface area contributed by atoms with E-state index >= 15 is 0 Å². The molecule has 0 aliphatic rings. The molecular formula is C21H18BrFN2O. The van der Waals surface area contributed by atoms with Crippen molar-refractivity contribution in [1.29, 1.82) is 0 Å². The highest BCUT2D eigenvalue weighted by atomic mass is 79.9. The average molecular weight is 413 g/mol. The lowest BCUT2D eigenvalue weighted by atomic mass is 10.1. The van der Waals surface area contributed by atoms with Crippen LogP contribution in [0.3, 0.4) is 0 Å². The van der Waals surface area contributed by atoms with Gasteiger partial charge in [0.1, 0.15) is 5.82 Å². The van der Waals surface area contributed by atoms with Crippen LogP contribution in [0, 0.1) is 12.7 Å². The molecule has 3 rings (SSSR count). The molecule has 0 saturated carbocycles. The second kappa shape index (κ2) is 8.23. The fourth-order valence-corrected chi connectivity index (χ4v) is 3.10. The number of carbonyl (C=O) groups is 1. The number of aryl methyl sites for hydroxylation is 1. The molecule has 0 N–H and O–H groups in total. The molecule has 5 heteroatoms. The molecule has 1 heterocycles. The van der Waals surface area contributed by atoms with Gasteiger partial charge < -0.3 is 4.90 Å². The zero-order chi connectivity index (χ0) is 18.5. The second-order valence-electron chi connectivity index (χ2n) is 6.07. The van der Waals surface area contributed by atoms with E-state index in [1.54, 1.807) is 23.4 Å². The molecule has 0 fully saturated rings. The SMILES string of the molecule is Cc1ccccc1CN(Cc1cccnc1)C(=O)c1cc(Br)ccc1F. The van der Waals surface area contributed by atoms with E-state index in [-0.39, 0.29) is 11.5 Å². The largest absolute Gasteiger partial charge is 0.330 e. The van der Waals surface area contributed by atoms with Crippen molar-refractivity contribution in [2.24, 2.45) is 0 Å². The van der Waals surface area contributed by atoms with Gasteiger partial charge in [0.25, 0.3) is 5.91 Å². The predicted octanol–water partition coefficient (Wildman–Crippen LogP) is 5.13. The molecule has 0 bridgehead atoms. The van der Waals surface area contributed by atoms with E-state index in [1.807, 2.05) is 43.3 Å². The fraction of sp³-hybridized carbons (Fsp3) is 0.143. The Balaban J connectivity index is 1.95. The van der Waals surface area contributed by atoms with Gasteiger partial charge in [-0.1, -0.05) is 46.3 Å². The second-order valence-corrected chi connectivity index (χ2v) is 6.99. The Morgan fingerprint density at radius 2 is 1.92 bits per heavy atom. The van der Waals surface area contributed by atoms with Crippen LogP contribution in [-0.2, 0) is 13.1 Å². The third-order valence-electron chi connectivity index (χ3n) is 4.16. The number of halogens is 2. The van der Waals surface area contributed by atoms with Crippen molar-refractivity contribution < 1.29 is 9.18 Å². The van der Waals surface area contributed by atoms with Gasteiger partial charge in [-0.25, -0.2) is 4.39 Å². The molecule has 0 unspecified atom stereocenters. The van der Waals surface area contributed by atoms with E-state index in [1.165, 1.54) is 12.1 Å². The van der Waals surface area contributed by atoms with Gasteiger partial charge >= 0.3 is 0 Å². The molecule has 0 saturated heterocycles. The van der Waals surface area contributed by atoms with Gasteiger partial charge in [0, 0.05) is 30.0 Å². The first-order valence-corrected chi connectivity index (χ1v) is 9.01. The quantitative estimate of drug-likeness (QED) is 0.581. The van der Waals surface area contributed by atoms with Crippen LogP contribution >= 0.6 is 15.9 Å².